The van der Waals surface area contributed by atoms with Gasteiger partial charge >= 0.3 is 0 Å². The number of aromatic nitrogens is 1. The van der Waals surface area contributed by atoms with Gasteiger partial charge in [-0.2, -0.15) is 0 Å². The van der Waals surface area contributed by atoms with E-state index in [4.69, 9.17) is 11.6 Å². The van der Waals surface area contributed by atoms with E-state index in [-0.39, 0.29) is 12.6 Å². The number of nitrogens with zero attached hydrogens (tertiary/aromatic N) is 1. The fraction of sp³-hybridized carbons (Fsp3) is 0.176. The third-order valence-corrected chi connectivity index (χ3v) is 3.94. The van der Waals surface area contributed by atoms with Crippen molar-refractivity contribution in [1.82, 2.24) is 4.57 Å². The van der Waals surface area contributed by atoms with Crippen molar-refractivity contribution in [3.8, 4) is 0 Å². The molecule has 0 saturated carbocycles. The monoisotopic (exact) mass is 301 g/mol. The molecule has 0 amide bonds. The summed E-state index contributed by atoms with van der Waals surface area (Å²) in [6.45, 7) is -0.306. The van der Waals surface area contributed by atoms with Crippen LogP contribution in [-0.4, -0.2) is 27.5 Å². The zero-order valence-corrected chi connectivity index (χ0v) is 12.1. The van der Waals surface area contributed by atoms with Crippen molar-refractivity contribution in [2.75, 3.05) is 6.61 Å². The van der Waals surface area contributed by atoms with Crippen molar-refractivity contribution in [3.05, 3.63) is 71.4 Å². The molecule has 0 spiro atoms. The Balaban J connectivity index is 2.13. The Hall–Kier alpha value is -1.81. The molecule has 2 atom stereocenters. The van der Waals surface area contributed by atoms with E-state index in [9.17, 15) is 10.2 Å². The van der Waals surface area contributed by atoms with E-state index in [2.05, 4.69) is 0 Å². The van der Waals surface area contributed by atoms with Gasteiger partial charge in [0.2, 0.25) is 0 Å². The lowest BCUT2D eigenvalue weighted by Gasteiger charge is -2.25. The summed E-state index contributed by atoms with van der Waals surface area (Å²) >= 11 is 5.93. The van der Waals surface area contributed by atoms with Crippen LogP contribution < -0.4 is 0 Å². The second-order valence-electron chi connectivity index (χ2n) is 5.03. The highest BCUT2D eigenvalue weighted by Gasteiger charge is 2.23. The van der Waals surface area contributed by atoms with E-state index in [1.165, 1.54) is 0 Å². The number of benzene rings is 2. The number of para-hydroxylation sites is 1. The number of fused-ring (bicyclic) bond motifs is 1. The van der Waals surface area contributed by atoms with Gasteiger partial charge in [0, 0.05) is 16.7 Å². The van der Waals surface area contributed by atoms with Crippen LogP contribution >= 0.6 is 11.6 Å². The molecule has 0 aliphatic rings. The molecule has 3 nitrogen and oxygen atoms in total. The zero-order valence-electron chi connectivity index (χ0n) is 11.4. The largest absolute Gasteiger partial charge is 0.394 e. The van der Waals surface area contributed by atoms with E-state index in [1.54, 1.807) is 12.1 Å². The molecule has 0 bridgehead atoms. The summed E-state index contributed by atoms with van der Waals surface area (Å²) in [5.74, 6) is 0. The van der Waals surface area contributed by atoms with Gasteiger partial charge in [-0.1, -0.05) is 41.9 Å². The summed E-state index contributed by atoms with van der Waals surface area (Å²) in [6, 6.07) is 16.9. The van der Waals surface area contributed by atoms with Crippen molar-refractivity contribution in [1.29, 1.82) is 0 Å². The lowest BCUT2D eigenvalue weighted by molar-refractivity contribution is 0.0654. The third-order valence-electron chi connectivity index (χ3n) is 3.69. The molecule has 0 fully saturated rings. The van der Waals surface area contributed by atoms with Crippen molar-refractivity contribution in [2.45, 2.75) is 12.1 Å². The Morgan fingerprint density at radius 2 is 1.71 bits per heavy atom. The Labute approximate surface area is 128 Å². The summed E-state index contributed by atoms with van der Waals surface area (Å²) in [5, 5.41) is 21.4. The molecule has 2 N–H and O–H groups in total. The van der Waals surface area contributed by atoms with Crippen LogP contribution in [0, 0.1) is 0 Å². The van der Waals surface area contributed by atoms with Crippen LogP contribution in [0.1, 0.15) is 11.6 Å². The van der Waals surface area contributed by atoms with Crippen molar-refractivity contribution in [2.24, 2.45) is 0 Å². The van der Waals surface area contributed by atoms with Gasteiger partial charge in [0.1, 0.15) is 6.10 Å². The highest BCUT2D eigenvalue weighted by molar-refractivity contribution is 6.30. The van der Waals surface area contributed by atoms with Crippen molar-refractivity contribution in [3.63, 3.8) is 0 Å². The fourth-order valence-corrected chi connectivity index (χ4v) is 2.80. The van der Waals surface area contributed by atoms with E-state index >= 15 is 0 Å². The van der Waals surface area contributed by atoms with E-state index in [0.717, 1.165) is 16.5 Å². The molecule has 0 aliphatic heterocycles. The Bertz CT molecular complexity index is 736. The van der Waals surface area contributed by atoms with Crippen LogP contribution in [0.15, 0.2) is 60.8 Å². The summed E-state index contributed by atoms with van der Waals surface area (Å²) in [6.07, 6.45) is 1.05. The number of hydrogen-bond acceptors (Lipinski definition) is 2. The normalized spacial score (nSPS) is 14.2. The highest BCUT2D eigenvalue weighted by atomic mass is 35.5. The lowest BCUT2D eigenvalue weighted by Crippen LogP contribution is -2.27. The highest BCUT2D eigenvalue weighted by Crippen LogP contribution is 2.28. The molecule has 1 heterocycles. The second kappa shape index (κ2) is 5.90. The van der Waals surface area contributed by atoms with Crippen LogP contribution in [0.3, 0.4) is 0 Å². The van der Waals surface area contributed by atoms with Crippen LogP contribution in [0.25, 0.3) is 10.9 Å². The van der Waals surface area contributed by atoms with Gasteiger partial charge < -0.3 is 14.8 Å². The molecule has 3 rings (SSSR count). The van der Waals surface area contributed by atoms with Gasteiger partial charge in [0.25, 0.3) is 0 Å². The van der Waals surface area contributed by atoms with Gasteiger partial charge in [-0.3, -0.25) is 0 Å². The minimum absolute atomic E-state index is 0.306. The molecule has 3 aromatic rings. The first-order valence-corrected chi connectivity index (χ1v) is 7.18. The molecule has 2 aromatic carbocycles. The first kappa shape index (κ1) is 14.1. The summed E-state index contributed by atoms with van der Waals surface area (Å²) in [7, 11) is 0. The molecular formula is C17H16ClNO2. The maximum Gasteiger partial charge on any atom is 0.102 e. The van der Waals surface area contributed by atoms with Gasteiger partial charge in [-0.05, 0) is 35.2 Å². The predicted molar refractivity (Wildman–Crippen MR) is 84.6 cm³/mol. The molecule has 0 saturated heterocycles. The quantitative estimate of drug-likeness (QED) is 0.777. The van der Waals surface area contributed by atoms with Gasteiger partial charge in [-0.25, -0.2) is 0 Å². The van der Waals surface area contributed by atoms with Crippen molar-refractivity contribution >= 4 is 22.5 Å². The number of aliphatic hydroxyl groups excluding tert-OH is 2. The molecule has 21 heavy (non-hydrogen) atoms. The molecular weight excluding hydrogens is 286 g/mol. The SMILES string of the molecule is OC[C@@H](O)[C@H](c1ccc(Cl)cc1)n1ccc2ccccc21. The van der Waals surface area contributed by atoms with Gasteiger partial charge in [0.15, 0.2) is 0 Å². The Kier molecular flexibility index (Phi) is 3.97. The topological polar surface area (TPSA) is 45.4 Å². The molecule has 108 valence electrons. The lowest BCUT2D eigenvalue weighted by atomic mass is 10.0. The maximum absolute atomic E-state index is 10.3. The minimum Gasteiger partial charge on any atom is -0.394 e. The number of rotatable bonds is 4. The van der Waals surface area contributed by atoms with Crippen LogP contribution in [0.5, 0.6) is 0 Å². The summed E-state index contributed by atoms with van der Waals surface area (Å²) < 4.78 is 1.99. The van der Waals surface area contributed by atoms with E-state index in [1.807, 2.05) is 53.2 Å². The number of aliphatic hydroxyl groups is 2. The molecule has 0 unspecified atom stereocenters. The molecule has 0 aliphatic carbocycles. The average molecular weight is 302 g/mol. The van der Waals surface area contributed by atoms with Crippen LogP contribution in [-0.2, 0) is 0 Å². The number of hydrogen-bond donors (Lipinski definition) is 2. The smallest absolute Gasteiger partial charge is 0.102 e. The fourth-order valence-electron chi connectivity index (χ4n) is 2.68. The van der Waals surface area contributed by atoms with E-state index in [0.29, 0.717) is 5.02 Å². The molecule has 0 radical (unpaired) electrons. The number of halogens is 1. The molecule has 4 heteroatoms. The summed E-state index contributed by atoms with van der Waals surface area (Å²) in [5.41, 5.74) is 1.92. The van der Waals surface area contributed by atoms with Crippen molar-refractivity contribution < 1.29 is 10.2 Å². The third kappa shape index (κ3) is 2.68. The van der Waals surface area contributed by atoms with Crippen LogP contribution in [0.4, 0.5) is 0 Å². The van der Waals surface area contributed by atoms with Crippen LogP contribution in [0.2, 0.25) is 5.02 Å². The predicted octanol–water partition coefficient (Wildman–Crippen LogP) is 3.24. The van der Waals surface area contributed by atoms with E-state index < -0.39 is 6.10 Å². The van der Waals surface area contributed by atoms with Gasteiger partial charge in [0.05, 0.1) is 12.6 Å². The maximum atomic E-state index is 10.3. The zero-order chi connectivity index (χ0) is 14.8. The summed E-state index contributed by atoms with van der Waals surface area (Å²) in [4.78, 5) is 0. The first-order valence-electron chi connectivity index (χ1n) is 6.80. The first-order chi connectivity index (χ1) is 10.2. The minimum atomic E-state index is -0.887. The Morgan fingerprint density at radius 3 is 2.43 bits per heavy atom. The Morgan fingerprint density at radius 1 is 1.00 bits per heavy atom. The molecule has 1 aromatic heterocycles. The average Bonchev–Trinajstić information content (AvgIpc) is 2.93. The van der Waals surface area contributed by atoms with Gasteiger partial charge in [-0.15, -0.1) is 0 Å². The second-order valence-corrected chi connectivity index (χ2v) is 5.46. The standard InChI is InChI=1S/C17H16ClNO2/c18-14-7-5-13(6-8-14)17(16(21)11-20)19-10-9-12-3-1-2-4-15(12)19/h1-10,16-17,20-21H,11H2/t16-,17+/m1/s1.